The van der Waals surface area contributed by atoms with Crippen LogP contribution >= 0.6 is 0 Å². The van der Waals surface area contributed by atoms with Gasteiger partial charge in [-0.15, -0.1) is 0 Å². The molecule has 0 radical (unpaired) electrons. The first-order valence-electron chi connectivity index (χ1n) is 8.08. The Hall–Kier alpha value is -3.08. The standard InChI is InChI=1S/C20H19NO4/c22-19(23)18-12-17(11-15-7-3-1-4-8-15)13-21(18)20(24)25-14-16-9-5-2-6-10-16/h1-11,18H,12-14H2,(H,22,23)/t18-/m0/s1. The number of ether oxygens (including phenoxy) is 1. The van der Waals surface area contributed by atoms with E-state index in [1.807, 2.05) is 66.7 Å². The quantitative estimate of drug-likeness (QED) is 0.926. The molecule has 0 saturated carbocycles. The Labute approximate surface area is 146 Å². The minimum atomic E-state index is -1.02. The molecule has 1 fully saturated rings. The van der Waals surface area contributed by atoms with Gasteiger partial charge in [0.1, 0.15) is 12.6 Å². The van der Waals surface area contributed by atoms with Crippen LogP contribution in [0.5, 0.6) is 0 Å². The number of carboxylic acid groups (broad SMARTS) is 1. The van der Waals surface area contributed by atoms with Gasteiger partial charge < -0.3 is 9.84 Å². The second kappa shape index (κ2) is 7.66. The number of benzene rings is 2. The molecule has 1 atom stereocenters. The van der Waals surface area contributed by atoms with Gasteiger partial charge in [0.05, 0.1) is 0 Å². The Morgan fingerprint density at radius 3 is 2.36 bits per heavy atom. The minimum absolute atomic E-state index is 0.125. The minimum Gasteiger partial charge on any atom is -0.480 e. The Balaban J connectivity index is 1.69. The lowest BCUT2D eigenvalue weighted by Crippen LogP contribution is -2.40. The van der Waals surface area contributed by atoms with Crippen LogP contribution in [0.4, 0.5) is 4.79 Å². The maximum atomic E-state index is 12.3. The maximum absolute atomic E-state index is 12.3. The van der Waals surface area contributed by atoms with Crippen molar-refractivity contribution in [3.63, 3.8) is 0 Å². The number of hydrogen-bond acceptors (Lipinski definition) is 3. The number of hydrogen-bond donors (Lipinski definition) is 1. The van der Waals surface area contributed by atoms with Crippen molar-refractivity contribution < 1.29 is 19.4 Å². The van der Waals surface area contributed by atoms with Gasteiger partial charge in [-0.3, -0.25) is 4.90 Å². The fraction of sp³-hybridized carbons (Fsp3) is 0.200. The van der Waals surface area contributed by atoms with Crippen LogP contribution in [-0.4, -0.2) is 34.7 Å². The predicted molar refractivity (Wildman–Crippen MR) is 93.8 cm³/mol. The maximum Gasteiger partial charge on any atom is 0.411 e. The van der Waals surface area contributed by atoms with Crippen LogP contribution in [-0.2, 0) is 16.1 Å². The van der Waals surface area contributed by atoms with Crippen molar-refractivity contribution in [2.75, 3.05) is 6.54 Å². The van der Waals surface area contributed by atoms with Crippen LogP contribution in [0.25, 0.3) is 6.08 Å². The number of likely N-dealkylation sites (tertiary alicyclic amines) is 1. The van der Waals surface area contributed by atoms with E-state index in [9.17, 15) is 14.7 Å². The molecule has 0 unspecified atom stereocenters. The first-order valence-corrected chi connectivity index (χ1v) is 8.08. The molecule has 128 valence electrons. The number of amides is 1. The highest BCUT2D eigenvalue weighted by atomic mass is 16.6. The van der Waals surface area contributed by atoms with Crippen LogP contribution in [0, 0.1) is 0 Å². The first kappa shape index (κ1) is 16.8. The zero-order valence-corrected chi connectivity index (χ0v) is 13.7. The molecule has 0 bridgehead atoms. The summed E-state index contributed by atoms with van der Waals surface area (Å²) in [5.41, 5.74) is 2.75. The van der Waals surface area contributed by atoms with Gasteiger partial charge in [-0.25, -0.2) is 9.59 Å². The zero-order valence-electron chi connectivity index (χ0n) is 13.7. The topological polar surface area (TPSA) is 66.8 Å². The van der Waals surface area contributed by atoms with E-state index < -0.39 is 18.1 Å². The third-order valence-corrected chi connectivity index (χ3v) is 4.10. The normalized spacial score (nSPS) is 18.3. The van der Waals surface area contributed by atoms with E-state index in [1.54, 1.807) is 0 Å². The van der Waals surface area contributed by atoms with Crippen molar-refractivity contribution in [3.8, 4) is 0 Å². The molecule has 0 aromatic heterocycles. The van der Waals surface area contributed by atoms with Gasteiger partial charge in [0.2, 0.25) is 0 Å². The summed E-state index contributed by atoms with van der Waals surface area (Å²) >= 11 is 0. The highest BCUT2D eigenvalue weighted by molar-refractivity contribution is 5.82. The molecule has 2 aromatic rings. The van der Waals surface area contributed by atoms with E-state index in [0.29, 0.717) is 6.42 Å². The molecule has 0 aliphatic carbocycles. The summed E-state index contributed by atoms with van der Waals surface area (Å²) in [6.07, 6.45) is 1.64. The predicted octanol–water partition coefficient (Wildman–Crippen LogP) is 3.57. The molecule has 5 heteroatoms. The number of carbonyl (C=O) groups excluding carboxylic acids is 1. The van der Waals surface area contributed by atoms with E-state index >= 15 is 0 Å². The Bertz CT molecular complexity index is 771. The fourth-order valence-corrected chi connectivity index (χ4v) is 2.86. The highest BCUT2D eigenvalue weighted by Gasteiger charge is 2.37. The second-order valence-electron chi connectivity index (χ2n) is 5.94. The first-order chi connectivity index (χ1) is 12.1. The third kappa shape index (κ3) is 4.26. The third-order valence-electron chi connectivity index (χ3n) is 4.10. The largest absolute Gasteiger partial charge is 0.480 e. The molecular formula is C20H19NO4. The van der Waals surface area contributed by atoms with E-state index in [4.69, 9.17) is 4.74 Å². The van der Waals surface area contributed by atoms with Gasteiger partial charge in [0.15, 0.2) is 0 Å². The molecule has 1 saturated heterocycles. The average Bonchev–Trinajstić information content (AvgIpc) is 3.06. The van der Waals surface area contributed by atoms with E-state index in [1.165, 1.54) is 4.90 Å². The summed E-state index contributed by atoms with van der Waals surface area (Å²) in [5.74, 6) is -1.02. The van der Waals surface area contributed by atoms with Gasteiger partial charge in [0, 0.05) is 13.0 Å². The van der Waals surface area contributed by atoms with Gasteiger partial charge in [-0.1, -0.05) is 66.7 Å². The van der Waals surface area contributed by atoms with Crippen LogP contribution in [0.15, 0.2) is 66.2 Å². The highest BCUT2D eigenvalue weighted by Crippen LogP contribution is 2.26. The van der Waals surface area contributed by atoms with Crippen molar-refractivity contribution >= 4 is 18.1 Å². The van der Waals surface area contributed by atoms with Crippen molar-refractivity contribution in [1.82, 2.24) is 4.90 Å². The molecule has 1 heterocycles. The Kier molecular flexibility index (Phi) is 5.14. The van der Waals surface area contributed by atoms with E-state index in [2.05, 4.69) is 0 Å². The Morgan fingerprint density at radius 1 is 1.08 bits per heavy atom. The zero-order chi connectivity index (χ0) is 17.6. The van der Waals surface area contributed by atoms with Crippen molar-refractivity contribution in [3.05, 3.63) is 77.4 Å². The molecular weight excluding hydrogens is 318 g/mol. The number of nitrogens with zero attached hydrogens (tertiary/aromatic N) is 1. The second-order valence-corrected chi connectivity index (χ2v) is 5.94. The number of carboxylic acids is 1. The SMILES string of the molecule is O=C(O)[C@@H]1CC(=Cc2ccccc2)CN1C(=O)OCc1ccccc1. The lowest BCUT2D eigenvalue weighted by molar-refractivity contribution is -0.141. The number of rotatable bonds is 4. The van der Waals surface area contributed by atoms with E-state index in [0.717, 1.165) is 16.7 Å². The molecule has 1 amide bonds. The van der Waals surface area contributed by atoms with Crippen molar-refractivity contribution in [1.29, 1.82) is 0 Å². The summed E-state index contributed by atoms with van der Waals surface area (Å²) in [5, 5.41) is 9.43. The van der Waals surface area contributed by atoms with Gasteiger partial charge in [-0.2, -0.15) is 0 Å². The van der Waals surface area contributed by atoms with Crippen molar-refractivity contribution in [2.45, 2.75) is 19.1 Å². The smallest absolute Gasteiger partial charge is 0.411 e. The average molecular weight is 337 g/mol. The summed E-state index contributed by atoms with van der Waals surface area (Å²) in [6.45, 7) is 0.389. The number of aliphatic carboxylic acids is 1. The van der Waals surface area contributed by atoms with Crippen molar-refractivity contribution in [2.24, 2.45) is 0 Å². The molecule has 5 nitrogen and oxygen atoms in total. The van der Waals surface area contributed by atoms with Crippen LogP contribution in [0.3, 0.4) is 0 Å². The van der Waals surface area contributed by atoms with E-state index in [-0.39, 0.29) is 13.2 Å². The molecule has 3 rings (SSSR count). The van der Waals surface area contributed by atoms with Crippen LogP contribution in [0.1, 0.15) is 17.5 Å². The monoisotopic (exact) mass is 337 g/mol. The van der Waals surface area contributed by atoms with Crippen LogP contribution < -0.4 is 0 Å². The van der Waals surface area contributed by atoms with Crippen LogP contribution in [0.2, 0.25) is 0 Å². The molecule has 25 heavy (non-hydrogen) atoms. The lowest BCUT2D eigenvalue weighted by Gasteiger charge is -2.20. The summed E-state index contributed by atoms with van der Waals surface area (Å²) in [6, 6.07) is 18.1. The molecule has 1 aliphatic heterocycles. The summed E-state index contributed by atoms with van der Waals surface area (Å²) < 4.78 is 5.29. The summed E-state index contributed by atoms with van der Waals surface area (Å²) in [4.78, 5) is 25.1. The van der Waals surface area contributed by atoms with Gasteiger partial charge in [-0.05, 0) is 16.7 Å². The summed E-state index contributed by atoms with van der Waals surface area (Å²) in [7, 11) is 0. The van der Waals surface area contributed by atoms with Gasteiger partial charge in [0.25, 0.3) is 0 Å². The molecule has 2 aromatic carbocycles. The fourth-order valence-electron chi connectivity index (χ4n) is 2.86. The van der Waals surface area contributed by atoms with Gasteiger partial charge >= 0.3 is 12.1 Å². The number of carbonyl (C=O) groups is 2. The molecule has 1 N–H and O–H groups in total. The lowest BCUT2D eigenvalue weighted by atomic mass is 10.1. The molecule has 0 spiro atoms. The molecule has 1 aliphatic rings. The Morgan fingerprint density at radius 2 is 1.72 bits per heavy atom.